The summed E-state index contributed by atoms with van der Waals surface area (Å²) in [4.78, 5) is 11.9. The fourth-order valence-electron chi connectivity index (χ4n) is 1.84. The fourth-order valence-corrected chi connectivity index (χ4v) is 1.84. The Balaban J connectivity index is 2.00. The largest absolute Gasteiger partial charge is 0.494 e. The molecule has 2 aromatic carbocycles. The topological polar surface area (TPSA) is 59.3 Å². The van der Waals surface area contributed by atoms with E-state index in [1.165, 1.54) is 0 Å². The van der Waals surface area contributed by atoms with Crippen LogP contribution in [0.1, 0.15) is 28.4 Å². The summed E-state index contributed by atoms with van der Waals surface area (Å²) in [7, 11) is 0. The van der Waals surface area contributed by atoms with Crippen molar-refractivity contribution in [3.8, 4) is 11.8 Å². The zero-order valence-electron chi connectivity index (χ0n) is 11.7. The molecule has 0 radical (unpaired) electrons. The maximum Gasteiger partial charge on any atom is 0.338 e. The number of carbonyl (C=O) groups excluding carboxylic acids is 1. The van der Waals surface area contributed by atoms with Gasteiger partial charge in [-0.1, -0.05) is 18.2 Å². The Morgan fingerprint density at radius 2 is 1.86 bits per heavy atom. The Labute approximate surface area is 123 Å². The molecule has 0 spiro atoms. The van der Waals surface area contributed by atoms with Crippen LogP contribution in [0.15, 0.2) is 48.5 Å². The second-order valence-electron chi connectivity index (χ2n) is 4.30. The standard InChI is InChI=1S/C17H15NO3/c1-2-20-16-9-7-13(8-10-16)17(19)21-12-15-6-4-3-5-14(15)11-18/h3-10H,2,12H2,1H3. The molecule has 0 amide bonds. The molecule has 0 saturated heterocycles. The highest BCUT2D eigenvalue weighted by atomic mass is 16.5. The van der Waals surface area contributed by atoms with Crippen LogP contribution in [-0.2, 0) is 11.3 Å². The van der Waals surface area contributed by atoms with Crippen molar-refractivity contribution in [2.75, 3.05) is 6.61 Å². The van der Waals surface area contributed by atoms with Gasteiger partial charge in [0, 0.05) is 5.56 Å². The number of benzene rings is 2. The summed E-state index contributed by atoms with van der Waals surface area (Å²) in [5.74, 6) is 0.287. The first-order valence-electron chi connectivity index (χ1n) is 6.62. The number of esters is 1. The van der Waals surface area contributed by atoms with E-state index in [-0.39, 0.29) is 6.61 Å². The van der Waals surface area contributed by atoms with Gasteiger partial charge in [-0.3, -0.25) is 0 Å². The van der Waals surface area contributed by atoms with E-state index < -0.39 is 5.97 Å². The lowest BCUT2D eigenvalue weighted by Crippen LogP contribution is -2.06. The summed E-state index contributed by atoms with van der Waals surface area (Å²) in [6.45, 7) is 2.55. The van der Waals surface area contributed by atoms with Gasteiger partial charge >= 0.3 is 5.97 Å². The molecule has 0 fully saturated rings. The summed E-state index contributed by atoms with van der Waals surface area (Å²) in [6, 6.07) is 15.9. The molecule has 0 aliphatic heterocycles. The van der Waals surface area contributed by atoms with E-state index in [1.807, 2.05) is 6.92 Å². The van der Waals surface area contributed by atoms with Crippen molar-refractivity contribution in [3.05, 3.63) is 65.2 Å². The first-order valence-corrected chi connectivity index (χ1v) is 6.62. The molecule has 2 aromatic rings. The monoisotopic (exact) mass is 281 g/mol. The Morgan fingerprint density at radius 3 is 2.52 bits per heavy atom. The first kappa shape index (κ1) is 14.6. The average Bonchev–Trinajstić information content (AvgIpc) is 2.54. The molecular weight excluding hydrogens is 266 g/mol. The minimum atomic E-state index is -0.425. The molecule has 0 unspecified atom stereocenters. The molecule has 0 aliphatic rings. The van der Waals surface area contributed by atoms with Gasteiger partial charge in [0.15, 0.2) is 0 Å². The van der Waals surface area contributed by atoms with Crippen LogP contribution < -0.4 is 4.74 Å². The molecule has 4 heteroatoms. The van der Waals surface area contributed by atoms with Gasteiger partial charge in [0.2, 0.25) is 0 Å². The molecule has 0 aliphatic carbocycles. The minimum absolute atomic E-state index is 0.0791. The van der Waals surface area contributed by atoms with E-state index in [2.05, 4.69) is 6.07 Å². The molecule has 4 nitrogen and oxygen atoms in total. The molecular formula is C17H15NO3. The molecule has 0 atom stereocenters. The van der Waals surface area contributed by atoms with Gasteiger partial charge in [-0.25, -0.2) is 4.79 Å². The molecule has 0 saturated carbocycles. The van der Waals surface area contributed by atoms with Crippen molar-refractivity contribution < 1.29 is 14.3 Å². The van der Waals surface area contributed by atoms with Crippen molar-refractivity contribution in [2.45, 2.75) is 13.5 Å². The highest BCUT2D eigenvalue weighted by Gasteiger charge is 2.09. The fraction of sp³-hybridized carbons (Fsp3) is 0.176. The van der Waals surface area contributed by atoms with Crippen molar-refractivity contribution in [3.63, 3.8) is 0 Å². The maximum atomic E-state index is 11.9. The van der Waals surface area contributed by atoms with E-state index in [0.29, 0.717) is 29.0 Å². The van der Waals surface area contributed by atoms with Gasteiger partial charge in [-0.15, -0.1) is 0 Å². The Morgan fingerprint density at radius 1 is 1.14 bits per heavy atom. The third kappa shape index (κ3) is 3.83. The highest BCUT2D eigenvalue weighted by Crippen LogP contribution is 2.14. The van der Waals surface area contributed by atoms with Gasteiger partial charge in [-0.05, 0) is 37.3 Å². The van der Waals surface area contributed by atoms with Gasteiger partial charge in [0.25, 0.3) is 0 Å². The van der Waals surface area contributed by atoms with Crippen LogP contribution in [0.2, 0.25) is 0 Å². The average molecular weight is 281 g/mol. The smallest absolute Gasteiger partial charge is 0.338 e. The van der Waals surface area contributed by atoms with Crippen LogP contribution in [0.3, 0.4) is 0 Å². The van der Waals surface area contributed by atoms with Crippen molar-refractivity contribution in [2.24, 2.45) is 0 Å². The normalized spacial score (nSPS) is 9.71. The van der Waals surface area contributed by atoms with Gasteiger partial charge in [0.05, 0.1) is 23.8 Å². The van der Waals surface area contributed by atoms with E-state index in [4.69, 9.17) is 14.7 Å². The van der Waals surface area contributed by atoms with Crippen molar-refractivity contribution in [1.29, 1.82) is 5.26 Å². The number of ether oxygens (including phenoxy) is 2. The predicted molar refractivity (Wildman–Crippen MR) is 77.9 cm³/mol. The Hall–Kier alpha value is -2.80. The second-order valence-corrected chi connectivity index (χ2v) is 4.30. The quantitative estimate of drug-likeness (QED) is 0.789. The number of nitrogens with zero attached hydrogens (tertiary/aromatic N) is 1. The van der Waals surface area contributed by atoms with Gasteiger partial charge in [0.1, 0.15) is 12.4 Å². The predicted octanol–water partition coefficient (Wildman–Crippen LogP) is 3.31. The summed E-state index contributed by atoms with van der Waals surface area (Å²) >= 11 is 0. The lowest BCUT2D eigenvalue weighted by atomic mass is 10.1. The van der Waals surface area contributed by atoms with Crippen LogP contribution >= 0.6 is 0 Å². The Bertz CT molecular complexity index is 656. The van der Waals surface area contributed by atoms with Crippen molar-refractivity contribution >= 4 is 5.97 Å². The van der Waals surface area contributed by atoms with Crippen LogP contribution in [-0.4, -0.2) is 12.6 Å². The van der Waals surface area contributed by atoms with E-state index in [1.54, 1.807) is 48.5 Å². The number of rotatable bonds is 5. The van der Waals surface area contributed by atoms with Crippen LogP contribution in [0.5, 0.6) is 5.75 Å². The van der Waals surface area contributed by atoms with Crippen LogP contribution in [0.25, 0.3) is 0 Å². The second kappa shape index (κ2) is 7.11. The molecule has 0 N–H and O–H groups in total. The van der Waals surface area contributed by atoms with Crippen LogP contribution in [0.4, 0.5) is 0 Å². The summed E-state index contributed by atoms with van der Waals surface area (Å²) in [5, 5.41) is 8.98. The third-order valence-corrected chi connectivity index (χ3v) is 2.90. The number of carbonyl (C=O) groups is 1. The van der Waals surface area contributed by atoms with E-state index in [9.17, 15) is 4.79 Å². The SMILES string of the molecule is CCOc1ccc(C(=O)OCc2ccccc2C#N)cc1. The first-order chi connectivity index (χ1) is 10.2. The van der Waals surface area contributed by atoms with E-state index in [0.717, 1.165) is 0 Å². The van der Waals surface area contributed by atoms with Gasteiger partial charge in [-0.2, -0.15) is 5.26 Å². The molecule has 0 heterocycles. The summed E-state index contributed by atoms with van der Waals surface area (Å²) < 4.78 is 10.5. The number of hydrogen-bond donors (Lipinski definition) is 0. The summed E-state index contributed by atoms with van der Waals surface area (Å²) in [6.07, 6.45) is 0. The highest BCUT2D eigenvalue weighted by molar-refractivity contribution is 5.89. The van der Waals surface area contributed by atoms with Gasteiger partial charge < -0.3 is 9.47 Å². The minimum Gasteiger partial charge on any atom is -0.494 e. The maximum absolute atomic E-state index is 11.9. The number of nitriles is 1. The zero-order chi connectivity index (χ0) is 15.1. The van der Waals surface area contributed by atoms with Crippen molar-refractivity contribution in [1.82, 2.24) is 0 Å². The molecule has 0 bridgehead atoms. The Kier molecular flexibility index (Phi) is 4.94. The molecule has 2 rings (SSSR count). The van der Waals surface area contributed by atoms with Crippen LogP contribution in [0, 0.1) is 11.3 Å². The summed E-state index contributed by atoms with van der Waals surface area (Å²) in [5.41, 5.74) is 1.66. The lowest BCUT2D eigenvalue weighted by molar-refractivity contribution is 0.0472. The molecule has 106 valence electrons. The zero-order valence-corrected chi connectivity index (χ0v) is 11.7. The third-order valence-electron chi connectivity index (χ3n) is 2.90. The lowest BCUT2D eigenvalue weighted by Gasteiger charge is -2.07. The molecule has 21 heavy (non-hydrogen) atoms. The van der Waals surface area contributed by atoms with E-state index >= 15 is 0 Å². The molecule has 0 aromatic heterocycles. The number of hydrogen-bond acceptors (Lipinski definition) is 4.